The lowest BCUT2D eigenvalue weighted by Crippen LogP contribution is -1.83. The summed E-state index contributed by atoms with van der Waals surface area (Å²) in [5.41, 5.74) is 4.54. The van der Waals surface area contributed by atoms with E-state index < -0.39 is 0 Å². The van der Waals surface area contributed by atoms with E-state index in [1.54, 1.807) is 0 Å². The van der Waals surface area contributed by atoms with E-state index in [1.165, 1.54) is 44.1 Å². The highest BCUT2D eigenvalue weighted by molar-refractivity contribution is 5.15. The van der Waals surface area contributed by atoms with Gasteiger partial charge in [0.15, 0.2) is 0 Å². The van der Waals surface area contributed by atoms with Gasteiger partial charge in [-0.1, -0.05) is 57.8 Å². The molecule has 0 spiro atoms. The maximum absolute atomic E-state index is 3.78. The van der Waals surface area contributed by atoms with Gasteiger partial charge < -0.3 is 0 Å². The summed E-state index contributed by atoms with van der Waals surface area (Å²) >= 11 is 0. The van der Waals surface area contributed by atoms with Crippen LogP contribution in [0.5, 0.6) is 0 Å². The Bertz CT molecular complexity index is 287. The molecule has 0 N–H and O–H groups in total. The number of rotatable bonds is 10. The molecule has 0 aliphatic carbocycles. The molecule has 102 valence electrons. The van der Waals surface area contributed by atoms with E-state index in [0.29, 0.717) is 5.92 Å². The first kappa shape index (κ1) is 17.0. The zero-order valence-electron chi connectivity index (χ0n) is 12.5. The van der Waals surface area contributed by atoms with Gasteiger partial charge in [-0.2, -0.15) is 0 Å². The van der Waals surface area contributed by atoms with E-state index in [1.807, 2.05) is 6.08 Å². The van der Waals surface area contributed by atoms with Gasteiger partial charge in [0, 0.05) is 0 Å². The molecule has 0 amide bonds. The van der Waals surface area contributed by atoms with Gasteiger partial charge in [0.2, 0.25) is 0 Å². The van der Waals surface area contributed by atoms with Crippen molar-refractivity contribution in [3.63, 3.8) is 0 Å². The number of hydrogen-bond donors (Lipinski definition) is 0. The van der Waals surface area contributed by atoms with Gasteiger partial charge in [-0.15, -0.1) is 12.3 Å². The maximum Gasteiger partial charge on any atom is -0.00979 e. The quantitative estimate of drug-likeness (QED) is 0.186. The molecular formula is C18H30. The molecule has 0 rings (SSSR count). The van der Waals surface area contributed by atoms with Gasteiger partial charge in [0.1, 0.15) is 0 Å². The lowest BCUT2D eigenvalue weighted by Gasteiger charge is -1.97. The Morgan fingerprint density at radius 3 is 2.61 bits per heavy atom. The smallest absolute Gasteiger partial charge is 0.00979 e. The lowest BCUT2D eigenvalue weighted by molar-refractivity contribution is 0.637. The van der Waals surface area contributed by atoms with Gasteiger partial charge in [-0.3, -0.25) is 0 Å². The molecule has 1 atom stereocenters. The predicted molar refractivity (Wildman–Crippen MR) is 83.8 cm³/mol. The van der Waals surface area contributed by atoms with E-state index in [4.69, 9.17) is 0 Å². The summed E-state index contributed by atoms with van der Waals surface area (Å²) in [4.78, 5) is 0. The minimum absolute atomic E-state index is 0.549. The molecule has 0 heteroatoms. The molecule has 1 unspecified atom stereocenters. The molecule has 0 saturated carbocycles. The Balaban J connectivity index is 3.75. The van der Waals surface area contributed by atoms with Crippen LogP contribution in [-0.4, -0.2) is 0 Å². The Kier molecular flexibility index (Phi) is 11.8. The van der Waals surface area contributed by atoms with Crippen molar-refractivity contribution in [3.8, 4) is 0 Å². The number of hydrogen-bond acceptors (Lipinski definition) is 0. The fraction of sp³-hybridized carbons (Fsp3) is 0.611. The Morgan fingerprint density at radius 1 is 1.22 bits per heavy atom. The molecule has 0 bridgehead atoms. The molecule has 0 aromatic carbocycles. The third-order valence-corrected chi connectivity index (χ3v) is 3.06. The second-order valence-corrected chi connectivity index (χ2v) is 5.09. The minimum Gasteiger partial charge on any atom is -0.122 e. The van der Waals surface area contributed by atoms with Crippen LogP contribution in [-0.2, 0) is 0 Å². The first-order chi connectivity index (χ1) is 8.70. The molecule has 0 aliphatic rings. The normalized spacial score (nSPS) is 12.2. The summed E-state index contributed by atoms with van der Waals surface area (Å²) in [5, 5.41) is 0. The van der Waals surface area contributed by atoms with Crippen molar-refractivity contribution in [2.75, 3.05) is 0 Å². The van der Waals surface area contributed by atoms with Crippen LogP contribution < -0.4 is 0 Å². The van der Waals surface area contributed by atoms with Crippen LogP contribution in [0.3, 0.4) is 0 Å². The van der Waals surface area contributed by atoms with Crippen LogP contribution in [0.2, 0.25) is 0 Å². The summed E-state index contributed by atoms with van der Waals surface area (Å²) in [6, 6.07) is 0. The van der Waals surface area contributed by atoms with Gasteiger partial charge in [-0.05, 0) is 43.8 Å². The molecular weight excluding hydrogens is 216 g/mol. The van der Waals surface area contributed by atoms with E-state index in [2.05, 4.69) is 51.3 Å². The second kappa shape index (κ2) is 12.5. The highest BCUT2D eigenvalue weighted by atomic mass is 13.9. The van der Waals surface area contributed by atoms with Crippen LogP contribution in [0.25, 0.3) is 0 Å². The monoisotopic (exact) mass is 246 g/mol. The third-order valence-electron chi connectivity index (χ3n) is 3.06. The molecule has 0 aliphatic heterocycles. The minimum atomic E-state index is 0.549. The molecule has 0 heterocycles. The van der Waals surface area contributed by atoms with Crippen LogP contribution >= 0.6 is 0 Å². The molecule has 0 aromatic rings. The summed E-state index contributed by atoms with van der Waals surface area (Å²) < 4.78 is 0. The molecule has 18 heavy (non-hydrogen) atoms. The van der Waals surface area contributed by atoms with Crippen molar-refractivity contribution < 1.29 is 0 Å². The molecule has 0 saturated heterocycles. The number of allylic oxidation sites excluding steroid dienone is 4. The summed E-state index contributed by atoms with van der Waals surface area (Å²) in [5.74, 6) is 0.549. The summed E-state index contributed by atoms with van der Waals surface area (Å²) in [6.07, 6.45) is 17.6. The first-order valence-corrected chi connectivity index (χ1v) is 7.41. The fourth-order valence-corrected chi connectivity index (χ4v) is 1.68. The van der Waals surface area contributed by atoms with Crippen LogP contribution in [0.4, 0.5) is 0 Å². The molecule has 0 aromatic heterocycles. The van der Waals surface area contributed by atoms with Crippen molar-refractivity contribution in [2.45, 2.75) is 65.7 Å². The summed E-state index contributed by atoms with van der Waals surface area (Å²) in [6.45, 7) is 10.3. The predicted octanol–water partition coefficient (Wildman–Crippen LogP) is 6.22. The molecule has 0 fully saturated rings. The van der Waals surface area contributed by atoms with Gasteiger partial charge in [-0.25, -0.2) is 0 Å². The van der Waals surface area contributed by atoms with Crippen molar-refractivity contribution in [3.05, 3.63) is 42.2 Å². The fourth-order valence-electron chi connectivity index (χ4n) is 1.68. The highest BCUT2D eigenvalue weighted by Gasteiger charge is 1.89. The van der Waals surface area contributed by atoms with E-state index in [-0.39, 0.29) is 0 Å². The average Bonchev–Trinajstić information content (AvgIpc) is 2.37. The Labute approximate surface area is 114 Å². The highest BCUT2D eigenvalue weighted by Crippen LogP contribution is 2.06. The van der Waals surface area contributed by atoms with Gasteiger partial charge in [0.05, 0.1) is 0 Å². The molecule has 0 radical (unpaired) electrons. The Morgan fingerprint density at radius 2 is 1.94 bits per heavy atom. The standard InChI is InChI=1S/C18H30/c1-5-7-8-9-10-11-12-14-18(4)16-13-15-17(3)6-2/h6,12-14,17H,2,5,7-11,15H2,1,3-4H3. The van der Waals surface area contributed by atoms with Crippen LogP contribution in [0.15, 0.2) is 42.2 Å². The van der Waals surface area contributed by atoms with Gasteiger partial charge in [0.25, 0.3) is 0 Å². The van der Waals surface area contributed by atoms with Gasteiger partial charge >= 0.3 is 0 Å². The largest absolute Gasteiger partial charge is 0.122 e. The zero-order valence-corrected chi connectivity index (χ0v) is 12.5. The SMILES string of the molecule is C=CC(C)CC=C=C(C)C=CCCCCCCC. The molecule has 0 nitrogen and oxygen atoms in total. The number of unbranched alkanes of at least 4 members (excludes halogenated alkanes) is 5. The lowest BCUT2D eigenvalue weighted by atomic mass is 10.1. The Hall–Kier alpha value is -1.00. The van der Waals surface area contributed by atoms with Crippen molar-refractivity contribution in [2.24, 2.45) is 5.92 Å². The first-order valence-electron chi connectivity index (χ1n) is 7.41. The van der Waals surface area contributed by atoms with Crippen molar-refractivity contribution in [1.29, 1.82) is 0 Å². The van der Waals surface area contributed by atoms with Crippen LogP contribution in [0, 0.1) is 5.92 Å². The third kappa shape index (κ3) is 11.5. The van der Waals surface area contributed by atoms with Crippen molar-refractivity contribution in [1.82, 2.24) is 0 Å². The maximum atomic E-state index is 3.78. The van der Waals surface area contributed by atoms with E-state index >= 15 is 0 Å². The second-order valence-electron chi connectivity index (χ2n) is 5.09. The van der Waals surface area contributed by atoms with E-state index in [9.17, 15) is 0 Å². The van der Waals surface area contributed by atoms with Crippen LogP contribution in [0.1, 0.15) is 65.7 Å². The summed E-state index contributed by atoms with van der Waals surface area (Å²) in [7, 11) is 0. The van der Waals surface area contributed by atoms with Crippen molar-refractivity contribution >= 4 is 0 Å². The topological polar surface area (TPSA) is 0 Å². The average molecular weight is 246 g/mol. The van der Waals surface area contributed by atoms with E-state index in [0.717, 1.165) is 6.42 Å². The zero-order chi connectivity index (χ0) is 13.6.